The lowest BCUT2D eigenvalue weighted by Crippen LogP contribution is -2.40. The molecule has 4 rings (SSSR count). The van der Waals surface area contributed by atoms with Gasteiger partial charge in [0.25, 0.3) is 11.1 Å². The van der Waals surface area contributed by atoms with Gasteiger partial charge in [-0.3, -0.25) is 19.3 Å². The first-order valence-electron chi connectivity index (χ1n) is 11.1. The van der Waals surface area contributed by atoms with Gasteiger partial charge in [-0.25, -0.2) is 4.79 Å². The van der Waals surface area contributed by atoms with Gasteiger partial charge >= 0.3 is 5.97 Å². The molecule has 0 aliphatic carbocycles. The molecule has 0 spiro atoms. The highest BCUT2D eigenvalue weighted by Crippen LogP contribution is 2.34. The molecule has 2 saturated heterocycles. The Labute approximate surface area is 202 Å². The molecule has 8 nitrogen and oxygen atoms in total. The number of rotatable bonds is 5. The van der Waals surface area contributed by atoms with Gasteiger partial charge in [0, 0.05) is 30.2 Å². The highest BCUT2D eigenvalue weighted by molar-refractivity contribution is 8.18. The molecule has 2 aliphatic heterocycles. The van der Waals surface area contributed by atoms with E-state index in [0.29, 0.717) is 23.6 Å². The molecular formula is C25H27N3O5S. The van der Waals surface area contributed by atoms with Gasteiger partial charge < -0.3 is 14.2 Å². The highest BCUT2D eigenvalue weighted by Gasteiger charge is 2.37. The molecule has 0 N–H and O–H groups in total. The third-order valence-electron chi connectivity index (χ3n) is 6.33. The van der Waals surface area contributed by atoms with Gasteiger partial charge in [0.1, 0.15) is 6.54 Å². The second-order valence-corrected chi connectivity index (χ2v) is 9.45. The van der Waals surface area contributed by atoms with Crippen LogP contribution in [-0.2, 0) is 14.3 Å². The predicted molar refractivity (Wildman–Crippen MR) is 130 cm³/mol. The van der Waals surface area contributed by atoms with Crippen molar-refractivity contribution in [1.29, 1.82) is 0 Å². The Morgan fingerprint density at radius 1 is 1.12 bits per heavy atom. The zero-order chi connectivity index (χ0) is 24.6. The number of amides is 3. The van der Waals surface area contributed by atoms with Gasteiger partial charge in [-0.15, -0.1) is 0 Å². The van der Waals surface area contributed by atoms with Crippen LogP contribution in [-0.4, -0.2) is 64.1 Å². The van der Waals surface area contributed by atoms with E-state index in [1.165, 1.54) is 7.11 Å². The lowest BCUT2D eigenvalue weighted by molar-refractivity contribution is -0.135. The van der Waals surface area contributed by atoms with Crippen molar-refractivity contribution in [3.63, 3.8) is 0 Å². The number of carbonyl (C=O) groups excluding carboxylic acids is 4. The zero-order valence-corrected chi connectivity index (χ0v) is 20.5. The Kier molecular flexibility index (Phi) is 6.65. The number of esters is 1. The second kappa shape index (κ2) is 9.50. The Bertz CT molecular complexity index is 1220. The summed E-state index contributed by atoms with van der Waals surface area (Å²) in [6, 6.07) is 7.38. The largest absolute Gasteiger partial charge is 0.465 e. The number of hydrogen-bond acceptors (Lipinski definition) is 6. The summed E-state index contributed by atoms with van der Waals surface area (Å²) >= 11 is 0.851. The molecule has 9 heteroatoms. The number of hydrogen-bond donors (Lipinski definition) is 0. The first kappa shape index (κ1) is 23.8. The quantitative estimate of drug-likeness (QED) is 0.476. The molecule has 0 atom stereocenters. The van der Waals surface area contributed by atoms with Crippen molar-refractivity contribution in [1.82, 2.24) is 14.4 Å². The molecule has 0 bridgehead atoms. The molecule has 2 aliphatic rings. The van der Waals surface area contributed by atoms with Crippen molar-refractivity contribution in [2.45, 2.75) is 33.6 Å². The molecule has 0 saturated carbocycles. The van der Waals surface area contributed by atoms with Crippen LogP contribution < -0.4 is 0 Å². The number of aryl methyl sites for hydroxylation is 1. The van der Waals surface area contributed by atoms with Crippen molar-refractivity contribution in [2.75, 3.05) is 26.7 Å². The number of carbonyl (C=O) groups is 4. The first-order valence-corrected chi connectivity index (χ1v) is 11.9. The topological polar surface area (TPSA) is 88.9 Å². The van der Waals surface area contributed by atoms with Gasteiger partial charge in [-0.05, 0) is 80.8 Å². The lowest BCUT2D eigenvalue weighted by Gasteiger charge is -2.18. The van der Waals surface area contributed by atoms with E-state index in [0.717, 1.165) is 57.7 Å². The van der Waals surface area contributed by atoms with Gasteiger partial charge in [0.05, 0.1) is 17.6 Å². The van der Waals surface area contributed by atoms with E-state index in [2.05, 4.69) is 0 Å². The Balaban J connectivity index is 1.62. The van der Waals surface area contributed by atoms with E-state index < -0.39 is 17.1 Å². The smallest absolute Gasteiger partial charge is 0.338 e. The molecule has 2 fully saturated rings. The summed E-state index contributed by atoms with van der Waals surface area (Å²) in [6.07, 6.45) is 3.60. The number of likely N-dealkylation sites (tertiary alicyclic amines) is 1. The van der Waals surface area contributed by atoms with Crippen LogP contribution in [0.5, 0.6) is 0 Å². The van der Waals surface area contributed by atoms with Crippen LogP contribution in [0.2, 0.25) is 0 Å². The molecule has 0 unspecified atom stereocenters. The maximum atomic E-state index is 12.9. The molecule has 1 aromatic heterocycles. The van der Waals surface area contributed by atoms with Gasteiger partial charge in [0.2, 0.25) is 5.91 Å². The minimum Gasteiger partial charge on any atom is -0.465 e. The molecule has 34 heavy (non-hydrogen) atoms. The van der Waals surface area contributed by atoms with Gasteiger partial charge in [-0.2, -0.15) is 0 Å². The van der Waals surface area contributed by atoms with Crippen LogP contribution in [0.3, 0.4) is 0 Å². The summed E-state index contributed by atoms with van der Waals surface area (Å²) in [5.41, 5.74) is 4.67. The molecular weight excluding hydrogens is 454 g/mol. The summed E-state index contributed by atoms with van der Waals surface area (Å²) in [7, 11) is 1.35. The number of nitrogens with zero attached hydrogens (tertiary/aromatic N) is 3. The Morgan fingerprint density at radius 3 is 2.50 bits per heavy atom. The molecule has 3 amide bonds. The molecule has 2 aromatic rings. The minimum atomic E-state index is -0.448. The summed E-state index contributed by atoms with van der Waals surface area (Å²) < 4.78 is 6.90. The zero-order valence-electron chi connectivity index (χ0n) is 19.7. The van der Waals surface area contributed by atoms with E-state index in [-0.39, 0.29) is 12.5 Å². The second-order valence-electron chi connectivity index (χ2n) is 8.46. The fourth-order valence-electron chi connectivity index (χ4n) is 4.48. The fraction of sp³-hybridized carbons (Fsp3) is 0.360. The number of aromatic nitrogens is 1. The molecule has 1 aromatic carbocycles. The van der Waals surface area contributed by atoms with Crippen LogP contribution in [0.1, 0.15) is 45.7 Å². The normalized spacial score (nSPS) is 17.2. The van der Waals surface area contributed by atoms with E-state index >= 15 is 0 Å². The lowest BCUT2D eigenvalue weighted by atomic mass is 10.1. The summed E-state index contributed by atoms with van der Waals surface area (Å²) in [6.45, 7) is 6.85. The number of thioether (sulfide) groups is 1. The van der Waals surface area contributed by atoms with Crippen molar-refractivity contribution in [3.8, 4) is 5.69 Å². The van der Waals surface area contributed by atoms with Crippen LogP contribution in [0.25, 0.3) is 11.8 Å². The van der Waals surface area contributed by atoms with E-state index in [1.807, 2.05) is 37.5 Å². The molecule has 3 heterocycles. The van der Waals surface area contributed by atoms with Crippen LogP contribution in [0, 0.1) is 20.8 Å². The maximum Gasteiger partial charge on any atom is 0.338 e. The third kappa shape index (κ3) is 4.27. The van der Waals surface area contributed by atoms with Gasteiger partial charge in [-0.1, -0.05) is 6.07 Å². The third-order valence-corrected chi connectivity index (χ3v) is 7.24. The summed E-state index contributed by atoms with van der Waals surface area (Å²) in [4.78, 5) is 53.0. The SMILES string of the molecule is COC(=O)c1cccc(-n2c(C)cc(/C=C3/SC(=O)N(CC(=O)N4CCCC4)C3=O)c2C)c1C. The average molecular weight is 482 g/mol. The maximum absolute atomic E-state index is 12.9. The highest BCUT2D eigenvalue weighted by atomic mass is 32.2. The summed E-state index contributed by atoms with van der Waals surface area (Å²) in [5, 5.41) is -0.431. The van der Waals surface area contributed by atoms with Crippen LogP contribution in [0.15, 0.2) is 29.2 Å². The number of benzene rings is 1. The molecule has 0 radical (unpaired) electrons. The van der Waals surface area contributed by atoms with Crippen molar-refractivity contribution >= 4 is 40.9 Å². The van der Waals surface area contributed by atoms with Crippen LogP contribution >= 0.6 is 11.8 Å². The number of imide groups is 1. The van der Waals surface area contributed by atoms with Crippen molar-refractivity contribution in [2.24, 2.45) is 0 Å². The van der Waals surface area contributed by atoms with E-state index in [9.17, 15) is 19.2 Å². The fourth-order valence-corrected chi connectivity index (χ4v) is 5.31. The monoisotopic (exact) mass is 481 g/mol. The summed E-state index contributed by atoms with van der Waals surface area (Å²) in [5.74, 6) is -1.05. The minimum absolute atomic E-state index is 0.194. The van der Waals surface area contributed by atoms with Crippen LogP contribution in [0.4, 0.5) is 4.79 Å². The Hall–Kier alpha value is -3.33. The first-order chi connectivity index (χ1) is 16.2. The van der Waals surface area contributed by atoms with Crippen molar-refractivity contribution < 1.29 is 23.9 Å². The van der Waals surface area contributed by atoms with Gasteiger partial charge in [0.15, 0.2) is 0 Å². The Morgan fingerprint density at radius 2 is 1.82 bits per heavy atom. The average Bonchev–Trinajstić information content (AvgIpc) is 3.50. The van der Waals surface area contributed by atoms with E-state index in [4.69, 9.17) is 4.74 Å². The standard InChI is InChI=1S/C25H27N3O5S/c1-15-12-18(17(3)28(15)20-9-7-8-19(16(20)2)24(31)33-4)13-21-23(30)27(25(32)34-21)14-22(29)26-10-5-6-11-26/h7-9,12-13H,5-6,10-11,14H2,1-4H3/b21-13+. The number of methoxy groups -OCH3 is 1. The molecule has 178 valence electrons. The number of ether oxygens (including phenoxy) is 1. The predicted octanol–water partition coefficient (Wildman–Crippen LogP) is 3.85. The van der Waals surface area contributed by atoms with E-state index in [1.54, 1.807) is 23.1 Å². The van der Waals surface area contributed by atoms with Crippen molar-refractivity contribution in [3.05, 3.63) is 57.2 Å².